The van der Waals surface area contributed by atoms with E-state index < -0.39 is 0 Å². The molecule has 2 fully saturated rings. The van der Waals surface area contributed by atoms with Gasteiger partial charge in [-0.15, -0.1) is 0 Å². The molecule has 2 saturated heterocycles. The summed E-state index contributed by atoms with van der Waals surface area (Å²) < 4.78 is 6.34. The maximum absolute atomic E-state index is 12.2. The molecular formula is C20H36N2O3. The summed E-state index contributed by atoms with van der Waals surface area (Å²) in [5.74, 6) is 0.959. The van der Waals surface area contributed by atoms with E-state index in [1.54, 1.807) is 0 Å². The molecule has 0 aromatic rings. The highest BCUT2D eigenvalue weighted by Crippen LogP contribution is 2.38. The van der Waals surface area contributed by atoms with E-state index in [4.69, 9.17) is 4.74 Å². The van der Waals surface area contributed by atoms with Crippen molar-refractivity contribution in [3.8, 4) is 0 Å². The first-order valence-corrected chi connectivity index (χ1v) is 10.1. The number of rotatable bonds is 7. The second-order valence-corrected chi connectivity index (χ2v) is 8.20. The number of amides is 2. The van der Waals surface area contributed by atoms with Crippen molar-refractivity contribution < 1.29 is 14.3 Å². The van der Waals surface area contributed by atoms with Crippen LogP contribution in [0.3, 0.4) is 0 Å². The molecule has 5 heteroatoms. The number of carbonyl (C=O) groups is 2. The van der Waals surface area contributed by atoms with Crippen LogP contribution in [0, 0.1) is 11.8 Å². The number of nitrogens with one attached hydrogen (secondary N) is 1. The van der Waals surface area contributed by atoms with Crippen molar-refractivity contribution in [3.05, 3.63) is 0 Å². The van der Waals surface area contributed by atoms with E-state index in [-0.39, 0.29) is 29.4 Å². The zero-order valence-electron chi connectivity index (χ0n) is 16.5. The van der Waals surface area contributed by atoms with Crippen LogP contribution >= 0.6 is 0 Å². The van der Waals surface area contributed by atoms with Gasteiger partial charge in [0.2, 0.25) is 11.8 Å². The lowest BCUT2D eigenvalue weighted by atomic mass is 9.88. The van der Waals surface area contributed by atoms with Gasteiger partial charge in [0.1, 0.15) is 0 Å². The second-order valence-electron chi connectivity index (χ2n) is 8.20. The van der Waals surface area contributed by atoms with Crippen LogP contribution in [0.25, 0.3) is 0 Å². The molecule has 1 unspecified atom stereocenters. The quantitative estimate of drug-likeness (QED) is 0.766. The maximum Gasteiger partial charge on any atom is 0.223 e. The predicted molar refractivity (Wildman–Crippen MR) is 99.2 cm³/mol. The zero-order valence-corrected chi connectivity index (χ0v) is 16.5. The third-order valence-electron chi connectivity index (χ3n) is 5.81. The minimum Gasteiger partial charge on any atom is -0.370 e. The third kappa shape index (κ3) is 5.44. The van der Waals surface area contributed by atoms with Crippen LogP contribution in [-0.2, 0) is 14.3 Å². The Kier molecular flexibility index (Phi) is 7.29. The molecule has 2 rings (SSSR count). The zero-order chi connectivity index (χ0) is 18.4. The summed E-state index contributed by atoms with van der Waals surface area (Å²) in [5, 5.41) is 3.07. The average molecular weight is 353 g/mol. The fourth-order valence-electron chi connectivity index (χ4n) is 4.07. The summed E-state index contributed by atoms with van der Waals surface area (Å²) in [6.45, 7) is 10.5. The van der Waals surface area contributed by atoms with Gasteiger partial charge in [-0.3, -0.25) is 9.59 Å². The number of piperidine rings is 1. The molecule has 2 aliphatic rings. The first kappa shape index (κ1) is 20.2. The van der Waals surface area contributed by atoms with Crippen molar-refractivity contribution in [1.82, 2.24) is 10.2 Å². The molecule has 0 aromatic heterocycles. The lowest BCUT2D eigenvalue weighted by Crippen LogP contribution is -2.47. The summed E-state index contributed by atoms with van der Waals surface area (Å²) in [6.07, 6.45) is 6.43. The van der Waals surface area contributed by atoms with Crippen LogP contribution in [0.2, 0.25) is 0 Å². The molecular weight excluding hydrogens is 316 g/mol. The lowest BCUT2D eigenvalue weighted by Gasteiger charge is -2.39. The van der Waals surface area contributed by atoms with Gasteiger partial charge in [0, 0.05) is 32.0 Å². The number of hydrogen-bond donors (Lipinski definition) is 1. The Morgan fingerprint density at radius 1 is 1.16 bits per heavy atom. The fraction of sp³-hybridized carbons (Fsp3) is 0.900. The van der Waals surface area contributed by atoms with Crippen LogP contribution < -0.4 is 5.32 Å². The molecule has 0 saturated carbocycles. The Morgan fingerprint density at radius 2 is 1.80 bits per heavy atom. The van der Waals surface area contributed by atoms with Crippen LogP contribution in [0.1, 0.15) is 72.6 Å². The Bertz CT molecular complexity index is 452. The van der Waals surface area contributed by atoms with Gasteiger partial charge in [0.15, 0.2) is 0 Å². The monoisotopic (exact) mass is 352 g/mol. The molecule has 2 heterocycles. The third-order valence-corrected chi connectivity index (χ3v) is 5.81. The molecule has 0 aliphatic carbocycles. The van der Waals surface area contributed by atoms with E-state index in [1.807, 2.05) is 4.90 Å². The van der Waals surface area contributed by atoms with Crippen molar-refractivity contribution in [3.63, 3.8) is 0 Å². The van der Waals surface area contributed by atoms with E-state index in [1.165, 1.54) is 0 Å². The highest BCUT2D eigenvalue weighted by Gasteiger charge is 2.43. The Balaban J connectivity index is 1.75. The second kappa shape index (κ2) is 9.02. The van der Waals surface area contributed by atoms with Crippen LogP contribution in [0.4, 0.5) is 0 Å². The molecule has 0 radical (unpaired) electrons. The standard InChI is InChI=1S/C20H36N2O3/c1-5-16(6-2)19(24)21-14-17-7-8-20(25-17)9-11-22(12-10-20)18(23)13-15(3)4/h15-17H,5-14H2,1-4H3,(H,21,24). The van der Waals surface area contributed by atoms with Gasteiger partial charge in [-0.2, -0.15) is 0 Å². The van der Waals surface area contributed by atoms with Crippen molar-refractivity contribution in [2.75, 3.05) is 19.6 Å². The number of likely N-dealkylation sites (tertiary alicyclic amines) is 1. The van der Waals surface area contributed by atoms with Crippen molar-refractivity contribution in [2.24, 2.45) is 11.8 Å². The van der Waals surface area contributed by atoms with Crippen LogP contribution in [0.15, 0.2) is 0 Å². The molecule has 0 aromatic carbocycles. The van der Waals surface area contributed by atoms with Gasteiger partial charge < -0.3 is 15.0 Å². The van der Waals surface area contributed by atoms with Crippen molar-refractivity contribution >= 4 is 11.8 Å². The van der Waals surface area contributed by atoms with Crippen LogP contribution in [0.5, 0.6) is 0 Å². The summed E-state index contributed by atoms with van der Waals surface area (Å²) in [5.41, 5.74) is -0.0705. The van der Waals surface area contributed by atoms with Gasteiger partial charge in [-0.1, -0.05) is 27.7 Å². The molecule has 1 N–H and O–H groups in total. The summed E-state index contributed by atoms with van der Waals surface area (Å²) in [6, 6.07) is 0. The summed E-state index contributed by atoms with van der Waals surface area (Å²) >= 11 is 0. The Labute approximate surface area is 152 Å². The molecule has 144 valence electrons. The van der Waals surface area contributed by atoms with Gasteiger partial charge >= 0.3 is 0 Å². The summed E-state index contributed by atoms with van der Waals surface area (Å²) in [7, 11) is 0. The topological polar surface area (TPSA) is 58.6 Å². The van der Waals surface area contributed by atoms with Gasteiger partial charge in [0.05, 0.1) is 11.7 Å². The molecule has 5 nitrogen and oxygen atoms in total. The largest absolute Gasteiger partial charge is 0.370 e. The van der Waals surface area contributed by atoms with Crippen molar-refractivity contribution in [2.45, 2.75) is 84.3 Å². The Hall–Kier alpha value is -1.10. The molecule has 0 bridgehead atoms. The lowest BCUT2D eigenvalue weighted by molar-refractivity contribution is -0.139. The van der Waals surface area contributed by atoms with Gasteiger partial charge in [0.25, 0.3) is 0 Å². The number of nitrogens with zero attached hydrogens (tertiary/aromatic N) is 1. The molecule has 2 amide bonds. The fourth-order valence-corrected chi connectivity index (χ4v) is 4.07. The molecule has 25 heavy (non-hydrogen) atoms. The maximum atomic E-state index is 12.2. The first-order valence-electron chi connectivity index (χ1n) is 10.1. The van der Waals surface area contributed by atoms with E-state index in [9.17, 15) is 9.59 Å². The molecule has 1 spiro atoms. The van der Waals surface area contributed by atoms with E-state index in [0.717, 1.165) is 51.6 Å². The van der Waals surface area contributed by atoms with Crippen LogP contribution in [-0.4, -0.2) is 48.1 Å². The number of carbonyl (C=O) groups excluding carboxylic acids is 2. The highest BCUT2D eigenvalue weighted by atomic mass is 16.5. The van der Waals surface area contributed by atoms with Gasteiger partial charge in [-0.05, 0) is 44.4 Å². The average Bonchev–Trinajstić information content (AvgIpc) is 2.97. The minimum absolute atomic E-state index is 0.0705. The summed E-state index contributed by atoms with van der Waals surface area (Å²) in [4.78, 5) is 26.3. The SMILES string of the molecule is CCC(CC)C(=O)NCC1CCC2(CCN(C(=O)CC(C)C)CC2)O1. The van der Waals surface area contributed by atoms with E-state index in [2.05, 4.69) is 33.0 Å². The first-order chi connectivity index (χ1) is 11.9. The Morgan fingerprint density at radius 3 is 2.36 bits per heavy atom. The van der Waals surface area contributed by atoms with E-state index in [0.29, 0.717) is 18.9 Å². The smallest absolute Gasteiger partial charge is 0.223 e. The number of ether oxygens (including phenoxy) is 1. The normalized spacial score (nSPS) is 22.8. The molecule has 2 aliphatic heterocycles. The number of hydrogen-bond acceptors (Lipinski definition) is 3. The highest BCUT2D eigenvalue weighted by molar-refractivity contribution is 5.78. The van der Waals surface area contributed by atoms with E-state index >= 15 is 0 Å². The minimum atomic E-state index is -0.0705. The van der Waals surface area contributed by atoms with Gasteiger partial charge in [-0.25, -0.2) is 0 Å². The predicted octanol–water partition coefficient (Wildman–Crippen LogP) is 3.13. The molecule has 1 atom stereocenters. The van der Waals surface area contributed by atoms with Crippen molar-refractivity contribution in [1.29, 1.82) is 0 Å².